The third-order valence-electron chi connectivity index (χ3n) is 2.16. The molecule has 0 aliphatic carbocycles. The number of unbranched alkanes of at least 4 members (excludes halogenated alkanes) is 2. The zero-order valence-corrected chi connectivity index (χ0v) is 9.19. The summed E-state index contributed by atoms with van der Waals surface area (Å²) in [4.78, 5) is 15.0. The fourth-order valence-corrected chi connectivity index (χ4v) is 1.39. The molecule has 0 amide bonds. The van der Waals surface area contributed by atoms with E-state index in [1.54, 1.807) is 6.20 Å². The van der Waals surface area contributed by atoms with Crippen LogP contribution in [0, 0.1) is 0 Å². The minimum Gasteiger partial charge on any atom is -0.466 e. The predicted octanol–water partition coefficient (Wildman–Crippen LogP) is 2.01. The van der Waals surface area contributed by atoms with Crippen molar-refractivity contribution in [2.75, 3.05) is 6.61 Å². The van der Waals surface area contributed by atoms with Gasteiger partial charge in [-0.1, -0.05) is 6.42 Å². The van der Waals surface area contributed by atoms with Crippen molar-refractivity contribution in [1.82, 2.24) is 9.55 Å². The standard InChI is InChI=1S/C11H18N2O2/c1-2-15-11(14)6-4-3-5-8-13-9-7-12-10-13/h7,9-10H,2-6,8H2,1H3. The molecular weight excluding hydrogens is 192 g/mol. The lowest BCUT2D eigenvalue weighted by Gasteiger charge is -2.02. The van der Waals surface area contributed by atoms with Crippen LogP contribution in [-0.2, 0) is 16.1 Å². The molecule has 0 spiro atoms. The molecule has 0 radical (unpaired) electrons. The van der Waals surface area contributed by atoms with Gasteiger partial charge in [-0.25, -0.2) is 4.98 Å². The summed E-state index contributed by atoms with van der Waals surface area (Å²) in [6, 6.07) is 0. The molecule has 4 nitrogen and oxygen atoms in total. The Morgan fingerprint density at radius 3 is 2.93 bits per heavy atom. The zero-order valence-electron chi connectivity index (χ0n) is 9.19. The first kappa shape index (κ1) is 11.8. The Hall–Kier alpha value is -1.32. The first-order chi connectivity index (χ1) is 7.33. The van der Waals surface area contributed by atoms with Crippen LogP contribution in [0.25, 0.3) is 0 Å². The van der Waals surface area contributed by atoms with Crippen LogP contribution in [0.1, 0.15) is 32.6 Å². The molecule has 15 heavy (non-hydrogen) atoms. The van der Waals surface area contributed by atoms with Gasteiger partial charge in [0.25, 0.3) is 0 Å². The largest absolute Gasteiger partial charge is 0.466 e. The van der Waals surface area contributed by atoms with Crippen molar-refractivity contribution in [3.8, 4) is 0 Å². The number of aromatic nitrogens is 2. The molecule has 1 aromatic heterocycles. The summed E-state index contributed by atoms with van der Waals surface area (Å²) in [5, 5.41) is 0. The maximum absolute atomic E-state index is 11.0. The average Bonchev–Trinajstić information content (AvgIpc) is 2.70. The van der Waals surface area contributed by atoms with Gasteiger partial charge in [0.1, 0.15) is 0 Å². The lowest BCUT2D eigenvalue weighted by atomic mass is 10.2. The molecule has 0 atom stereocenters. The van der Waals surface area contributed by atoms with Crippen molar-refractivity contribution < 1.29 is 9.53 Å². The fourth-order valence-electron chi connectivity index (χ4n) is 1.39. The summed E-state index contributed by atoms with van der Waals surface area (Å²) in [6.45, 7) is 3.29. The van der Waals surface area contributed by atoms with E-state index in [-0.39, 0.29) is 5.97 Å². The minimum atomic E-state index is -0.0832. The number of carbonyl (C=O) groups excluding carboxylic acids is 1. The van der Waals surface area contributed by atoms with Gasteiger partial charge in [-0.15, -0.1) is 0 Å². The molecule has 1 heterocycles. The predicted molar refractivity (Wildman–Crippen MR) is 57.3 cm³/mol. The van der Waals surface area contributed by atoms with Crippen molar-refractivity contribution in [2.45, 2.75) is 39.2 Å². The van der Waals surface area contributed by atoms with E-state index >= 15 is 0 Å². The Morgan fingerprint density at radius 1 is 1.40 bits per heavy atom. The lowest BCUT2D eigenvalue weighted by molar-refractivity contribution is -0.143. The molecule has 1 rings (SSSR count). The van der Waals surface area contributed by atoms with Crippen LogP contribution >= 0.6 is 0 Å². The van der Waals surface area contributed by atoms with Crippen LogP contribution in [0.4, 0.5) is 0 Å². The van der Waals surface area contributed by atoms with E-state index < -0.39 is 0 Å². The first-order valence-electron chi connectivity index (χ1n) is 5.44. The highest BCUT2D eigenvalue weighted by atomic mass is 16.5. The van der Waals surface area contributed by atoms with Gasteiger partial charge in [-0.3, -0.25) is 4.79 Å². The second kappa shape index (κ2) is 7.04. The zero-order chi connectivity index (χ0) is 10.9. The van der Waals surface area contributed by atoms with Gasteiger partial charge in [-0.2, -0.15) is 0 Å². The van der Waals surface area contributed by atoms with Gasteiger partial charge in [0, 0.05) is 25.4 Å². The highest BCUT2D eigenvalue weighted by Gasteiger charge is 2.00. The molecular formula is C11H18N2O2. The number of hydrogen-bond acceptors (Lipinski definition) is 3. The maximum atomic E-state index is 11.0. The molecule has 0 N–H and O–H groups in total. The van der Waals surface area contributed by atoms with Crippen LogP contribution in [-0.4, -0.2) is 22.1 Å². The molecule has 0 aromatic carbocycles. The van der Waals surface area contributed by atoms with E-state index in [9.17, 15) is 4.79 Å². The topological polar surface area (TPSA) is 44.1 Å². The highest BCUT2D eigenvalue weighted by Crippen LogP contribution is 2.03. The van der Waals surface area contributed by atoms with Gasteiger partial charge in [0.15, 0.2) is 0 Å². The van der Waals surface area contributed by atoms with Gasteiger partial charge in [-0.05, 0) is 19.8 Å². The molecule has 0 aliphatic rings. The van der Waals surface area contributed by atoms with Crippen LogP contribution in [0.3, 0.4) is 0 Å². The van der Waals surface area contributed by atoms with E-state index in [0.29, 0.717) is 13.0 Å². The van der Waals surface area contributed by atoms with Crippen LogP contribution in [0.5, 0.6) is 0 Å². The van der Waals surface area contributed by atoms with Crippen molar-refractivity contribution in [3.63, 3.8) is 0 Å². The maximum Gasteiger partial charge on any atom is 0.305 e. The van der Waals surface area contributed by atoms with Crippen molar-refractivity contribution >= 4 is 5.97 Å². The van der Waals surface area contributed by atoms with Crippen molar-refractivity contribution in [1.29, 1.82) is 0 Å². The summed E-state index contributed by atoms with van der Waals surface area (Å²) in [6.07, 6.45) is 9.12. The number of esters is 1. The summed E-state index contributed by atoms with van der Waals surface area (Å²) >= 11 is 0. The molecule has 0 saturated carbocycles. The van der Waals surface area contributed by atoms with E-state index in [2.05, 4.69) is 4.98 Å². The molecule has 4 heteroatoms. The summed E-state index contributed by atoms with van der Waals surface area (Å²) in [5.74, 6) is -0.0832. The molecule has 0 fully saturated rings. The molecule has 0 unspecified atom stereocenters. The monoisotopic (exact) mass is 210 g/mol. The number of aryl methyl sites for hydroxylation is 1. The number of imidazole rings is 1. The van der Waals surface area contributed by atoms with E-state index in [4.69, 9.17) is 4.74 Å². The average molecular weight is 210 g/mol. The molecule has 0 bridgehead atoms. The van der Waals surface area contributed by atoms with Gasteiger partial charge in [0.05, 0.1) is 12.9 Å². The van der Waals surface area contributed by atoms with Crippen LogP contribution in [0.15, 0.2) is 18.7 Å². The summed E-state index contributed by atoms with van der Waals surface area (Å²) in [5.41, 5.74) is 0. The Morgan fingerprint density at radius 2 is 2.27 bits per heavy atom. The molecule has 0 saturated heterocycles. The summed E-state index contributed by atoms with van der Waals surface area (Å²) < 4.78 is 6.89. The normalized spacial score (nSPS) is 10.2. The van der Waals surface area contributed by atoms with E-state index in [0.717, 1.165) is 25.8 Å². The van der Waals surface area contributed by atoms with E-state index in [1.807, 2.05) is 24.0 Å². The van der Waals surface area contributed by atoms with Gasteiger partial charge >= 0.3 is 5.97 Å². The van der Waals surface area contributed by atoms with Crippen LogP contribution < -0.4 is 0 Å². The number of ether oxygens (including phenoxy) is 1. The first-order valence-corrected chi connectivity index (χ1v) is 5.44. The van der Waals surface area contributed by atoms with Crippen molar-refractivity contribution in [2.24, 2.45) is 0 Å². The van der Waals surface area contributed by atoms with E-state index in [1.165, 1.54) is 0 Å². The molecule has 0 aliphatic heterocycles. The Labute approximate surface area is 90.3 Å². The molecule has 84 valence electrons. The second-order valence-corrected chi connectivity index (χ2v) is 3.42. The lowest BCUT2D eigenvalue weighted by Crippen LogP contribution is -2.03. The van der Waals surface area contributed by atoms with Gasteiger partial charge < -0.3 is 9.30 Å². The Bertz CT molecular complexity index is 270. The SMILES string of the molecule is CCOC(=O)CCCCCn1ccnc1. The number of carbonyl (C=O) groups is 1. The summed E-state index contributed by atoms with van der Waals surface area (Å²) in [7, 11) is 0. The Balaban J connectivity index is 1.95. The van der Waals surface area contributed by atoms with Crippen molar-refractivity contribution in [3.05, 3.63) is 18.7 Å². The van der Waals surface area contributed by atoms with Gasteiger partial charge in [0.2, 0.25) is 0 Å². The fraction of sp³-hybridized carbons (Fsp3) is 0.636. The van der Waals surface area contributed by atoms with Crippen LogP contribution in [0.2, 0.25) is 0 Å². The number of nitrogens with zero attached hydrogens (tertiary/aromatic N) is 2. The second-order valence-electron chi connectivity index (χ2n) is 3.42. The third kappa shape index (κ3) is 5.20. The Kier molecular flexibility index (Phi) is 5.51. The number of hydrogen-bond donors (Lipinski definition) is 0. The smallest absolute Gasteiger partial charge is 0.305 e. The highest BCUT2D eigenvalue weighted by molar-refractivity contribution is 5.69. The number of rotatable bonds is 7. The molecule has 1 aromatic rings. The minimum absolute atomic E-state index is 0.0832. The quantitative estimate of drug-likeness (QED) is 0.510. The third-order valence-corrected chi connectivity index (χ3v) is 2.16.